The van der Waals surface area contributed by atoms with Crippen molar-refractivity contribution < 1.29 is 9.90 Å². The number of aromatic amines is 1. The quantitative estimate of drug-likeness (QED) is 0.814. The Balaban J connectivity index is 1.38. The zero-order chi connectivity index (χ0) is 18.9. The minimum absolute atomic E-state index is 0.128. The molecule has 2 N–H and O–H groups in total. The molecule has 1 aromatic heterocycles. The molecule has 5 heteroatoms. The number of amides is 1. The second-order valence-electron chi connectivity index (χ2n) is 9.23. The number of piperidine rings is 2. The van der Waals surface area contributed by atoms with Gasteiger partial charge >= 0.3 is 0 Å². The summed E-state index contributed by atoms with van der Waals surface area (Å²) in [5, 5.41) is 12.7. The van der Waals surface area contributed by atoms with Crippen molar-refractivity contribution in [2.45, 2.75) is 76.0 Å². The van der Waals surface area contributed by atoms with Gasteiger partial charge in [0.2, 0.25) is 5.91 Å². The third-order valence-electron chi connectivity index (χ3n) is 7.27. The summed E-state index contributed by atoms with van der Waals surface area (Å²) in [5.74, 6) is 0.977. The van der Waals surface area contributed by atoms with Crippen LogP contribution in [0.25, 0.3) is 10.9 Å². The van der Waals surface area contributed by atoms with Crippen LogP contribution in [-0.4, -0.2) is 38.6 Å². The van der Waals surface area contributed by atoms with Crippen LogP contribution in [0.15, 0.2) is 18.3 Å². The number of carbonyl (C=O) groups is 1. The number of hydrogen-bond donors (Lipinski definition) is 2. The molecule has 2 aliphatic heterocycles. The number of hydrogen-bond acceptors (Lipinski definition) is 2. The maximum absolute atomic E-state index is 13.2. The predicted molar refractivity (Wildman–Crippen MR) is 107 cm³/mol. The second kappa shape index (κ2) is 5.99. The van der Waals surface area contributed by atoms with Crippen LogP contribution < -0.4 is 0 Å². The smallest absolute Gasteiger partial charge is 0.223 e. The molecule has 3 heterocycles. The number of aryl methyl sites for hydroxylation is 1. The van der Waals surface area contributed by atoms with E-state index in [4.69, 9.17) is 11.6 Å². The van der Waals surface area contributed by atoms with E-state index in [1.165, 1.54) is 5.56 Å². The highest BCUT2D eigenvalue weighted by Crippen LogP contribution is 2.51. The summed E-state index contributed by atoms with van der Waals surface area (Å²) in [6, 6.07) is 4.39. The number of nitrogens with zero attached hydrogens (tertiary/aromatic N) is 1. The van der Waals surface area contributed by atoms with Crippen molar-refractivity contribution >= 4 is 28.4 Å². The van der Waals surface area contributed by atoms with Gasteiger partial charge in [0.15, 0.2) is 0 Å². The highest BCUT2D eigenvalue weighted by atomic mass is 35.5. The third-order valence-corrected chi connectivity index (χ3v) is 7.68. The molecule has 3 unspecified atom stereocenters. The minimum atomic E-state index is -0.510. The molecule has 4 nitrogen and oxygen atoms in total. The number of benzene rings is 1. The number of carbonyl (C=O) groups excluding carboxylic acids is 1. The Kier molecular flexibility index (Phi) is 3.90. The fourth-order valence-electron chi connectivity index (χ4n) is 6.27. The van der Waals surface area contributed by atoms with E-state index in [0.717, 1.165) is 53.6 Å². The summed E-state index contributed by atoms with van der Waals surface area (Å²) in [6.07, 6.45) is 7.15. The highest BCUT2D eigenvalue weighted by molar-refractivity contribution is 6.32. The molecule has 2 saturated carbocycles. The van der Waals surface area contributed by atoms with Gasteiger partial charge in [0.1, 0.15) is 0 Å². The first kappa shape index (κ1) is 17.6. The van der Waals surface area contributed by atoms with Gasteiger partial charge in [-0.25, -0.2) is 0 Å². The molecule has 2 saturated heterocycles. The largest absolute Gasteiger partial charge is 0.390 e. The van der Waals surface area contributed by atoms with Gasteiger partial charge in [-0.2, -0.15) is 0 Å². The zero-order valence-electron chi connectivity index (χ0n) is 16.0. The highest BCUT2D eigenvalue weighted by Gasteiger charge is 2.54. The Morgan fingerprint density at radius 2 is 2.04 bits per heavy atom. The van der Waals surface area contributed by atoms with E-state index < -0.39 is 5.60 Å². The molecule has 0 radical (unpaired) electrons. The molecule has 6 rings (SSSR count). The molecule has 2 aliphatic carbocycles. The Morgan fingerprint density at radius 1 is 1.33 bits per heavy atom. The van der Waals surface area contributed by atoms with Gasteiger partial charge in [0.05, 0.1) is 5.60 Å². The molecule has 4 aliphatic rings. The van der Waals surface area contributed by atoms with Crippen molar-refractivity contribution in [3.8, 4) is 0 Å². The SMILES string of the molecule is Cc1c(Cl)ccc2[nH]cc(C(C)CC(=O)N3C4CC5C[C@H]3C[C@@](O)(C5)C4)c12. The van der Waals surface area contributed by atoms with Gasteiger partial charge in [-0.15, -0.1) is 0 Å². The van der Waals surface area contributed by atoms with Gasteiger partial charge in [0.25, 0.3) is 0 Å². The van der Waals surface area contributed by atoms with Crippen LogP contribution in [0.1, 0.15) is 62.5 Å². The van der Waals surface area contributed by atoms with Crippen molar-refractivity contribution in [1.29, 1.82) is 0 Å². The van der Waals surface area contributed by atoms with Crippen LogP contribution in [0.4, 0.5) is 0 Å². The number of halogens is 1. The van der Waals surface area contributed by atoms with Crippen LogP contribution in [0.5, 0.6) is 0 Å². The summed E-state index contributed by atoms with van der Waals surface area (Å²) in [5.41, 5.74) is 2.80. The number of H-pyrrole nitrogens is 1. The van der Waals surface area contributed by atoms with Gasteiger partial charge in [-0.3, -0.25) is 4.79 Å². The summed E-state index contributed by atoms with van der Waals surface area (Å²) in [6.45, 7) is 4.17. The van der Waals surface area contributed by atoms with Gasteiger partial charge in [-0.1, -0.05) is 18.5 Å². The fraction of sp³-hybridized carbons (Fsp3) is 0.591. The molecule has 4 fully saturated rings. The first-order chi connectivity index (χ1) is 12.8. The summed E-state index contributed by atoms with van der Waals surface area (Å²) in [4.78, 5) is 18.7. The van der Waals surface area contributed by atoms with Crippen molar-refractivity contribution in [2.24, 2.45) is 5.92 Å². The van der Waals surface area contributed by atoms with Crippen molar-refractivity contribution in [1.82, 2.24) is 9.88 Å². The molecule has 5 atom stereocenters. The number of nitrogens with one attached hydrogen (secondary N) is 1. The molecular formula is C22H27ClN2O2. The Bertz CT molecular complexity index is 904. The average molecular weight is 387 g/mol. The Hall–Kier alpha value is -1.52. The van der Waals surface area contributed by atoms with Crippen LogP contribution in [0.2, 0.25) is 5.02 Å². The van der Waals surface area contributed by atoms with E-state index >= 15 is 0 Å². The third kappa shape index (κ3) is 2.72. The Morgan fingerprint density at radius 3 is 2.70 bits per heavy atom. The summed E-state index contributed by atoms with van der Waals surface area (Å²) >= 11 is 6.33. The van der Waals surface area contributed by atoms with E-state index in [0.29, 0.717) is 12.3 Å². The summed E-state index contributed by atoms with van der Waals surface area (Å²) < 4.78 is 0. The standard InChI is InChI=1S/C22H27ClN2O2/c1-12(17-11-24-19-4-3-18(23)13(2)21(17)19)5-20(26)25-15-6-14-7-16(25)10-22(27,8-14)9-15/h3-4,11-12,14-16,24,27H,5-10H2,1-2H3/t12?,14?,15-,16?,22-/m0/s1. The Labute approximate surface area is 164 Å². The van der Waals surface area contributed by atoms with E-state index in [9.17, 15) is 9.90 Å². The number of aromatic nitrogens is 1. The normalized spacial score (nSPS) is 33.0. The number of fused-ring (bicyclic) bond motifs is 1. The van der Waals surface area contributed by atoms with E-state index in [1.807, 2.05) is 25.3 Å². The maximum Gasteiger partial charge on any atom is 0.223 e. The molecule has 0 spiro atoms. The van der Waals surface area contributed by atoms with Crippen LogP contribution in [-0.2, 0) is 4.79 Å². The van der Waals surface area contributed by atoms with Gasteiger partial charge < -0.3 is 15.0 Å². The van der Waals surface area contributed by atoms with Crippen molar-refractivity contribution in [3.05, 3.63) is 34.5 Å². The predicted octanol–water partition coefficient (Wildman–Crippen LogP) is 4.53. The molecule has 4 bridgehead atoms. The lowest BCUT2D eigenvalue weighted by molar-refractivity contribution is -0.174. The fourth-order valence-corrected chi connectivity index (χ4v) is 6.42. The maximum atomic E-state index is 13.2. The van der Waals surface area contributed by atoms with Crippen LogP contribution >= 0.6 is 11.6 Å². The molecular weight excluding hydrogens is 360 g/mol. The van der Waals surface area contributed by atoms with E-state index in [2.05, 4.69) is 16.8 Å². The lowest BCUT2D eigenvalue weighted by Gasteiger charge is -2.59. The average Bonchev–Trinajstić information content (AvgIpc) is 3.01. The first-order valence-electron chi connectivity index (χ1n) is 10.1. The van der Waals surface area contributed by atoms with Crippen molar-refractivity contribution in [3.63, 3.8) is 0 Å². The van der Waals surface area contributed by atoms with E-state index in [-0.39, 0.29) is 23.9 Å². The molecule has 1 aromatic carbocycles. The lowest BCUT2D eigenvalue weighted by Crippen LogP contribution is -2.65. The minimum Gasteiger partial charge on any atom is -0.390 e. The monoisotopic (exact) mass is 386 g/mol. The van der Waals surface area contributed by atoms with Gasteiger partial charge in [-0.05, 0) is 74.1 Å². The van der Waals surface area contributed by atoms with E-state index in [1.54, 1.807) is 0 Å². The number of rotatable bonds is 3. The number of aliphatic hydroxyl groups is 1. The molecule has 144 valence electrons. The zero-order valence-corrected chi connectivity index (χ0v) is 16.7. The topological polar surface area (TPSA) is 56.3 Å². The van der Waals surface area contributed by atoms with Crippen LogP contribution in [0.3, 0.4) is 0 Å². The van der Waals surface area contributed by atoms with Crippen molar-refractivity contribution in [2.75, 3.05) is 0 Å². The molecule has 27 heavy (non-hydrogen) atoms. The summed E-state index contributed by atoms with van der Waals surface area (Å²) in [7, 11) is 0. The van der Waals surface area contributed by atoms with Crippen LogP contribution in [0, 0.1) is 12.8 Å². The molecule has 2 aromatic rings. The van der Waals surface area contributed by atoms with Gasteiger partial charge in [0, 0.05) is 40.6 Å². The molecule has 1 amide bonds. The first-order valence-corrected chi connectivity index (χ1v) is 10.5. The lowest BCUT2D eigenvalue weighted by atomic mass is 9.61. The second-order valence-corrected chi connectivity index (χ2v) is 9.63.